The molecule has 7 nitrogen and oxygen atoms in total. The minimum Gasteiger partial charge on any atom is -0.326 e. The van der Waals surface area contributed by atoms with Gasteiger partial charge >= 0.3 is 0 Å². The van der Waals surface area contributed by atoms with Gasteiger partial charge in [-0.2, -0.15) is 0 Å². The zero-order valence-electron chi connectivity index (χ0n) is 15.2. The molecule has 1 aliphatic heterocycles. The Hall–Kier alpha value is -2.87. The number of carbonyl (C=O) groups is 2. The Kier molecular flexibility index (Phi) is 5.18. The second kappa shape index (κ2) is 7.40. The maximum atomic E-state index is 12.6. The standard InChI is InChI=1S/C19H21N3O4S/c1-13-5-6-16(12-18(13)22-11-3-4-19(22)24)21-27(25,26)17-9-7-15(8-10-17)20-14(2)23/h5-10,12,21H,3-4,11H2,1-2H3,(H,20,23). The van der Waals surface area contributed by atoms with Gasteiger partial charge in [0.1, 0.15) is 0 Å². The number of sulfonamides is 1. The first kappa shape index (κ1) is 18.9. The van der Waals surface area contributed by atoms with E-state index in [4.69, 9.17) is 0 Å². The van der Waals surface area contributed by atoms with Gasteiger partial charge in [-0.15, -0.1) is 0 Å². The van der Waals surface area contributed by atoms with E-state index >= 15 is 0 Å². The van der Waals surface area contributed by atoms with E-state index in [0.717, 1.165) is 17.7 Å². The summed E-state index contributed by atoms with van der Waals surface area (Å²) in [5.74, 6) is -0.181. The van der Waals surface area contributed by atoms with E-state index in [1.807, 2.05) is 6.92 Å². The fourth-order valence-corrected chi connectivity index (χ4v) is 4.05. The van der Waals surface area contributed by atoms with Gasteiger partial charge in [0.05, 0.1) is 10.6 Å². The van der Waals surface area contributed by atoms with Crippen LogP contribution in [0.5, 0.6) is 0 Å². The van der Waals surface area contributed by atoms with Gasteiger partial charge in [0.15, 0.2) is 0 Å². The molecular formula is C19H21N3O4S. The predicted octanol–water partition coefficient (Wildman–Crippen LogP) is 2.88. The van der Waals surface area contributed by atoms with Gasteiger partial charge in [-0.05, 0) is 55.3 Å². The van der Waals surface area contributed by atoms with Crippen LogP contribution in [0.2, 0.25) is 0 Å². The van der Waals surface area contributed by atoms with E-state index in [0.29, 0.717) is 24.3 Å². The van der Waals surface area contributed by atoms with E-state index in [2.05, 4.69) is 10.0 Å². The minimum atomic E-state index is -3.79. The highest BCUT2D eigenvalue weighted by Gasteiger charge is 2.24. The average molecular weight is 387 g/mol. The summed E-state index contributed by atoms with van der Waals surface area (Å²) >= 11 is 0. The van der Waals surface area contributed by atoms with E-state index < -0.39 is 10.0 Å². The molecule has 0 aromatic heterocycles. The van der Waals surface area contributed by atoms with Crippen LogP contribution in [0.25, 0.3) is 0 Å². The molecule has 2 amide bonds. The van der Waals surface area contributed by atoms with E-state index in [9.17, 15) is 18.0 Å². The molecule has 27 heavy (non-hydrogen) atoms. The summed E-state index contributed by atoms with van der Waals surface area (Å²) in [5.41, 5.74) is 2.54. The summed E-state index contributed by atoms with van der Waals surface area (Å²) < 4.78 is 27.8. The van der Waals surface area contributed by atoms with Crippen LogP contribution in [0, 0.1) is 6.92 Å². The van der Waals surface area contributed by atoms with Crippen LogP contribution < -0.4 is 14.9 Å². The van der Waals surface area contributed by atoms with Crippen molar-refractivity contribution >= 4 is 38.9 Å². The summed E-state index contributed by atoms with van der Waals surface area (Å²) in [6.07, 6.45) is 1.31. The van der Waals surface area contributed by atoms with Crippen LogP contribution >= 0.6 is 0 Å². The van der Waals surface area contributed by atoms with Crippen molar-refractivity contribution in [2.75, 3.05) is 21.5 Å². The number of nitrogens with zero attached hydrogens (tertiary/aromatic N) is 1. The molecule has 0 spiro atoms. The lowest BCUT2D eigenvalue weighted by Gasteiger charge is -2.19. The highest BCUT2D eigenvalue weighted by Crippen LogP contribution is 2.29. The van der Waals surface area contributed by atoms with Crippen molar-refractivity contribution < 1.29 is 18.0 Å². The molecule has 1 heterocycles. The molecule has 0 aliphatic carbocycles. The van der Waals surface area contributed by atoms with Crippen molar-refractivity contribution in [1.82, 2.24) is 0 Å². The molecule has 1 saturated heterocycles. The maximum Gasteiger partial charge on any atom is 0.261 e. The van der Waals surface area contributed by atoms with Gasteiger partial charge in [-0.1, -0.05) is 6.07 Å². The lowest BCUT2D eigenvalue weighted by Crippen LogP contribution is -2.24. The number of amides is 2. The summed E-state index contributed by atoms with van der Waals surface area (Å²) in [6.45, 7) is 3.91. The Morgan fingerprint density at radius 2 is 1.74 bits per heavy atom. The Bertz CT molecular complexity index is 985. The molecule has 0 bridgehead atoms. The van der Waals surface area contributed by atoms with Gasteiger partial charge in [-0.25, -0.2) is 8.42 Å². The predicted molar refractivity (Wildman–Crippen MR) is 104 cm³/mol. The number of aryl methyl sites for hydroxylation is 1. The van der Waals surface area contributed by atoms with E-state index in [-0.39, 0.29) is 16.7 Å². The van der Waals surface area contributed by atoms with Gasteiger partial charge in [0.2, 0.25) is 11.8 Å². The summed E-state index contributed by atoms with van der Waals surface area (Å²) in [5, 5.41) is 2.59. The minimum absolute atomic E-state index is 0.0478. The third-order valence-corrected chi connectivity index (χ3v) is 5.71. The number of hydrogen-bond acceptors (Lipinski definition) is 4. The van der Waals surface area contributed by atoms with Crippen molar-refractivity contribution in [2.45, 2.75) is 31.6 Å². The van der Waals surface area contributed by atoms with Crippen molar-refractivity contribution in [1.29, 1.82) is 0 Å². The molecule has 2 aromatic carbocycles. The summed E-state index contributed by atoms with van der Waals surface area (Å²) in [4.78, 5) is 24.8. The zero-order chi connectivity index (χ0) is 19.6. The largest absolute Gasteiger partial charge is 0.326 e. The smallest absolute Gasteiger partial charge is 0.261 e. The lowest BCUT2D eigenvalue weighted by atomic mass is 10.1. The average Bonchev–Trinajstić information content (AvgIpc) is 3.02. The Morgan fingerprint density at radius 3 is 2.33 bits per heavy atom. The number of nitrogens with one attached hydrogen (secondary N) is 2. The number of rotatable bonds is 5. The second-order valence-corrected chi connectivity index (χ2v) is 8.14. The summed E-state index contributed by atoms with van der Waals surface area (Å²) in [7, 11) is -3.79. The third kappa shape index (κ3) is 4.28. The molecule has 0 saturated carbocycles. The van der Waals surface area contributed by atoms with Gasteiger partial charge < -0.3 is 10.2 Å². The first-order valence-electron chi connectivity index (χ1n) is 8.58. The maximum absolute atomic E-state index is 12.6. The van der Waals surface area contributed by atoms with Crippen LogP contribution in [-0.2, 0) is 19.6 Å². The van der Waals surface area contributed by atoms with Gasteiger partial charge in [0, 0.05) is 31.3 Å². The van der Waals surface area contributed by atoms with Gasteiger partial charge in [0.25, 0.3) is 10.0 Å². The summed E-state index contributed by atoms with van der Waals surface area (Å²) in [6, 6.07) is 11.0. The fraction of sp³-hybridized carbons (Fsp3) is 0.263. The Balaban J connectivity index is 1.83. The number of carbonyl (C=O) groups excluding carboxylic acids is 2. The molecular weight excluding hydrogens is 366 g/mol. The lowest BCUT2D eigenvalue weighted by molar-refractivity contribution is -0.117. The van der Waals surface area contributed by atoms with E-state index in [1.165, 1.54) is 31.2 Å². The molecule has 2 N–H and O–H groups in total. The number of hydrogen-bond donors (Lipinski definition) is 2. The first-order chi connectivity index (χ1) is 12.8. The van der Waals surface area contributed by atoms with Crippen LogP contribution in [-0.4, -0.2) is 26.8 Å². The van der Waals surface area contributed by atoms with Crippen molar-refractivity contribution in [3.63, 3.8) is 0 Å². The van der Waals surface area contributed by atoms with Crippen molar-refractivity contribution in [3.8, 4) is 0 Å². The molecule has 2 aromatic rings. The van der Waals surface area contributed by atoms with Crippen LogP contribution in [0.1, 0.15) is 25.3 Å². The topological polar surface area (TPSA) is 95.6 Å². The molecule has 0 radical (unpaired) electrons. The molecule has 142 valence electrons. The Labute approximate surface area is 158 Å². The second-order valence-electron chi connectivity index (χ2n) is 6.46. The van der Waals surface area contributed by atoms with Gasteiger partial charge in [-0.3, -0.25) is 14.3 Å². The zero-order valence-corrected chi connectivity index (χ0v) is 16.0. The highest BCUT2D eigenvalue weighted by molar-refractivity contribution is 7.92. The fourth-order valence-electron chi connectivity index (χ4n) is 3.00. The molecule has 3 rings (SSSR count). The highest BCUT2D eigenvalue weighted by atomic mass is 32.2. The third-order valence-electron chi connectivity index (χ3n) is 4.31. The monoisotopic (exact) mass is 387 g/mol. The SMILES string of the molecule is CC(=O)Nc1ccc(S(=O)(=O)Nc2ccc(C)c(N3CCCC3=O)c2)cc1. The number of anilines is 3. The quantitative estimate of drug-likeness (QED) is 0.825. The first-order valence-corrected chi connectivity index (χ1v) is 10.1. The molecule has 1 fully saturated rings. The van der Waals surface area contributed by atoms with E-state index in [1.54, 1.807) is 23.1 Å². The van der Waals surface area contributed by atoms with Crippen molar-refractivity contribution in [2.24, 2.45) is 0 Å². The van der Waals surface area contributed by atoms with Crippen LogP contribution in [0.3, 0.4) is 0 Å². The van der Waals surface area contributed by atoms with Crippen LogP contribution in [0.15, 0.2) is 47.4 Å². The van der Waals surface area contributed by atoms with Crippen LogP contribution in [0.4, 0.5) is 17.1 Å². The Morgan fingerprint density at radius 1 is 1.07 bits per heavy atom. The number of benzene rings is 2. The molecule has 0 atom stereocenters. The molecule has 1 aliphatic rings. The normalized spacial score (nSPS) is 14.3. The van der Waals surface area contributed by atoms with Crippen molar-refractivity contribution in [3.05, 3.63) is 48.0 Å². The molecule has 8 heteroatoms. The molecule has 0 unspecified atom stereocenters.